The van der Waals surface area contributed by atoms with Crippen molar-refractivity contribution in [1.29, 1.82) is 0 Å². The minimum absolute atomic E-state index is 0. The van der Waals surface area contributed by atoms with Crippen LogP contribution in [0.3, 0.4) is 0 Å². The van der Waals surface area contributed by atoms with E-state index in [0.29, 0.717) is 6.54 Å². The summed E-state index contributed by atoms with van der Waals surface area (Å²) in [5.41, 5.74) is 0. The smallest absolute Gasteiger partial charge is 0.748 e. The molecular formula is C17H36NNaO3S. The summed E-state index contributed by atoms with van der Waals surface area (Å²) in [6.07, 6.45) is 15.9. The minimum atomic E-state index is -4.07. The zero-order chi connectivity index (χ0) is 16.7. The molecular weight excluding hydrogens is 321 g/mol. The van der Waals surface area contributed by atoms with Crippen molar-refractivity contribution in [3.05, 3.63) is 0 Å². The Balaban J connectivity index is 0. The molecule has 0 aliphatic carbocycles. The van der Waals surface area contributed by atoms with Gasteiger partial charge in [0.25, 0.3) is 0 Å². The van der Waals surface area contributed by atoms with Crippen LogP contribution in [0.2, 0.25) is 0 Å². The molecule has 23 heavy (non-hydrogen) atoms. The van der Waals surface area contributed by atoms with Gasteiger partial charge in [0.2, 0.25) is 0 Å². The predicted octanol–water partition coefficient (Wildman–Crippen LogP) is 1.17. The Morgan fingerprint density at radius 2 is 1.13 bits per heavy atom. The van der Waals surface area contributed by atoms with Gasteiger partial charge in [-0.25, -0.2) is 8.42 Å². The summed E-state index contributed by atoms with van der Waals surface area (Å²) in [6, 6.07) is 0. The summed E-state index contributed by atoms with van der Waals surface area (Å²) in [6.45, 7) is 3.49. The van der Waals surface area contributed by atoms with E-state index in [1.165, 1.54) is 70.6 Å². The molecule has 134 valence electrons. The van der Waals surface area contributed by atoms with Gasteiger partial charge in [0.05, 0.1) is 15.9 Å². The molecule has 0 N–H and O–H groups in total. The zero-order valence-electron chi connectivity index (χ0n) is 15.7. The molecule has 0 saturated heterocycles. The molecule has 0 aromatic heterocycles. The van der Waals surface area contributed by atoms with E-state index in [1.54, 1.807) is 0 Å². The van der Waals surface area contributed by atoms with Gasteiger partial charge in [-0.05, 0) is 20.0 Å². The van der Waals surface area contributed by atoms with Gasteiger partial charge in [0, 0.05) is 6.54 Å². The summed E-state index contributed by atoms with van der Waals surface area (Å²) < 4.78 is 31.6. The van der Waals surface area contributed by atoms with Crippen molar-refractivity contribution in [2.24, 2.45) is 0 Å². The van der Waals surface area contributed by atoms with E-state index in [9.17, 15) is 13.0 Å². The van der Waals surface area contributed by atoms with Crippen LogP contribution in [-0.2, 0) is 10.1 Å². The second kappa shape index (κ2) is 17.7. The van der Waals surface area contributed by atoms with E-state index < -0.39 is 10.1 Å². The first kappa shape index (κ1) is 26.1. The van der Waals surface area contributed by atoms with Crippen LogP contribution < -0.4 is 29.6 Å². The molecule has 0 atom stereocenters. The topological polar surface area (TPSA) is 60.4 Å². The second-order valence-corrected chi connectivity index (χ2v) is 7.98. The van der Waals surface area contributed by atoms with Crippen molar-refractivity contribution in [3.63, 3.8) is 0 Å². The van der Waals surface area contributed by atoms with Crippen LogP contribution in [0.15, 0.2) is 0 Å². The van der Waals surface area contributed by atoms with Gasteiger partial charge < -0.3 is 9.45 Å². The Kier molecular flexibility index (Phi) is 20.1. The number of nitrogens with zero attached hydrogens (tertiary/aromatic N) is 1. The van der Waals surface area contributed by atoms with E-state index in [2.05, 4.69) is 6.92 Å². The van der Waals surface area contributed by atoms with Crippen molar-refractivity contribution in [3.8, 4) is 0 Å². The molecule has 0 fully saturated rings. The van der Waals surface area contributed by atoms with Gasteiger partial charge in [0.1, 0.15) is 0 Å². The largest absolute Gasteiger partial charge is 1.00 e. The van der Waals surface area contributed by atoms with E-state index in [4.69, 9.17) is 0 Å². The Hall–Kier alpha value is 0.870. The average Bonchev–Trinajstić information content (AvgIpc) is 2.45. The van der Waals surface area contributed by atoms with Crippen molar-refractivity contribution >= 4 is 10.1 Å². The number of rotatable bonds is 16. The van der Waals surface area contributed by atoms with Crippen LogP contribution >= 0.6 is 0 Å². The van der Waals surface area contributed by atoms with Gasteiger partial charge in [-0.2, -0.15) is 0 Å². The molecule has 6 heteroatoms. The molecule has 0 aromatic carbocycles. The van der Waals surface area contributed by atoms with Crippen molar-refractivity contribution in [1.82, 2.24) is 4.90 Å². The first-order chi connectivity index (χ1) is 10.5. The van der Waals surface area contributed by atoms with Gasteiger partial charge in [-0.15, -0.1) is 0 Å². The van der Waals surface area contributed by atoms with Gasteiger partial charge in [-0.3, -0.25) is 0 Å². The van der Waals surface area contributed by atoms with E-state index >= 15 is 0 Å². The summed E-state index contributed by atoms with van der Waals surface area (Å²) >= 11 is 0. The van der Waals surface area contributed by atoms with E-state index in [1.807, 2.05) is 11.9 Å². The Morgan fingerprint density at radius 1 is 0.739 bits per heavy atom. The summed E-state index contributed by atoms with van der Waals surface area (Å²) in [7, 11) is -2.19. The van der Waals surface area contributed by atoms with Crippen LogP contribution in [0.25, 0.3) is 0 Å². The Labute approximate surface area is 166 Å². The summed E-state index contributed by atoms with van der Waals surface area (Å²) in [5.74, 6) is -0.276. The predicted molar refractivity (Wildman–Crippen MR) is 93.1 cm³/mol. The SMILES string of the molecule is CCCCCCCCCCCCCCN(C)CCS(=O)(=O)[O-].[Na+]. The molecule has 0 radical (unpaired) electrons. The zero-order valence-corrected chi connectivity index (χ0v) is 18.5. The van der Waals surface area contributed by atoms with Crippen LogP contribution in [0, 0.1) is 0 Å². The fourth-order valence-corrected chi connectivity index (χ4v) is 3.14. The Bertz CT molecular complexity index is 337. The van der Waals surface area contributed by atoms with Crippen LogP contribution in [0.1, 0.15) is 84.0 Å². The molecule has 0 aromatic rings. The van der Waals surface area contributed by atoms with E-state index in [0.717, 1.165) is 13.0 Å². The van der Waals surface area contributed by atoms with Crippen LogP contribution in [0.4, 0.5) is 0 Å². The quantitative estimate of drug-likeness (QED) is 0.236. The second-order valence-electron chi connectivity index (χ2n) is 6.45. The molecule has 0 heterocycles. The average molecular weight is 358 g/mol. The third-order valence-electron chi connectivity index (χ3n) is 4.12. The fraction of sp³-hybridized carbons (Fsp3) is 1.00. The van der Waals surface area contributed by atoms with Crippen molar-refractivity contribution in [2.75, 3.05) is 25.9 Å². The molecule has 0 saturated carbocycles. The molecule has 4 nitrogen and oxygen atoms in total. The number of unbranched alkanes of at least 4 members (excludes halogenated alkanes) is 11. The maximum Gasteiger partial charge on any atom is 1.00 e. The number of hydrogen-bond donors (Lipinski definition) is 0. The third-order valence-corrected chi connectivity index (χ3v) is 4.80. The molecule has 0 spiro atoms. The normalized spacial score (nSPS) is 11.7. The van der Waals surface area contributed by atoms with Gasteiger partial charge in [0.15, 0.2) is 0 Å². The van der Waals surface area contributed by atoms with Gasteiger partial charge in [-0.1, -0.05) is 77.6 Å². The number of hydrogen-bond acceptors (Lipinski definition) is 4. The molecule has 0 aliphatic rings. The molecule has 0 aliphatic heterocycles. The van der Waals surface area contributed by atoms with Crippen molar-refractivity contribution < 1.29 is 42.5 Å². The molecule has 0 unspecified atom stereocenters. The van der Waals surface area contributed by atoms with Crippen LogP contribution in [0.5, 0.6) is 0 Å². The monoisotopic (exact) mass is 357 g/mol. The van der Waals surface area contributed by atoms with Crippen molar-refractivity contribution in [2.45, 2.75) is 84.0 Å². The first-order valence-corrected chi connectivity index (χ1v) is 10.7. The van der Waals surface area contributed by atoms with Gasteiger partial charge >= 0.3 is 29.6 Å². The molecule has 0 bridgehead atoms. The fourth-order valence-electron chi connectivity index (χ4n) is 2.60. The third kappa shape index (κ3) is 22.9. The maximum absolute atomic E-state index is 10.5. The molecule has 0 rings (SSSR count). The Morgan fingerprint density at radius 3 is 1.52 bits per heavy atom. The first-order valence-electron chi connectivity index (χ1n) is 9.08. The van der Waals surface area contributed by atoms with E-state index in [-0.39, 0.29) is 35.3 Å². The van der Waals surface area contributed by atoms with Crippen LogP contribution in [-0.4, -0.2) is 43.8 Å². The minimum Gasteiger partial charge on any atom is -0.748 e. The standard InChI is InChI=1S/C17H37NO3S.Na/c1-3-4-5-6-7-8-9-10-11-12-13-14-15-18(2)16-17-22(19,20)21;/h3-17H2,1-2H3,(H,19,20,21);/q;+1/p-1. The summed E-state index contributed by atoms with van der Waals surface area (Å²) in [4.78, 5) is 1.94. The molecule has 0 amide bonds. The maximum atomic E-state index is 10.5. The summed E-state index contributed by atoms with van der Waals surface area (Å²) in [5, 5.41) is 0.